The summed E-state index contributed by atoms with van der Waals surface area (Å²) in [5.41, 5.74) is 12.8. The van der Waals surface area contributed by atoms with Gasteiger partial charge in [0.25, 0.3) is 0 Å². The van der Waals surface area contributed by atoms with Crippen molar-refractivity contribution >= 4 is 0 Å². The molecule has 0 N–H and O–H groups in total. The van der Waals surface area contributed by atoms with E-state index < -0.39 is 5.66 Å². The summed E-state index contributed by atoms with van der Waals surface area (Å²) in [7, 11) is 0. The van der Waals surface area contributed by atoms with E-state index in [4.69, 9.17) is 0 Å². The minimum Gasteiger partial charge on any atom is -0.151 e. The van der Waals surface area contributed by atoms with Crippen LogP contribution >= 0.6 is 0 Å². The van der Waals surface area contributed by atoms with Crippen molar-refractivity contribution in [3.8, 4) is 50.7 Å². The fourth-order valence-electron chi connectivity index (χ4n) is 7.06. The van der Waals surface area contributed by atoms with Gasteiger partial charge >= 0.3 is 5.66 Å². The zero-order valence-electron chi connectivity index (χ0n) is 20.0. The molecule has 0 radical (unpaired) electrons. The van der Waals surface area contributed by atoms with E-state index in [-0.39, 0.29) is 0 Å². The third kappa shape index (κ3) is 2.14. The van der Waals surface area contributed by atoms with Gasteiger partial charge in [-0.25, -0.2) is 0 Å². The van der Waals surface area contributed by atoms with E-state index in [1.807, 2.05) is 0 Å². The molecule has 1 spiro atoms. The first-order valence-corrected chi connectivity index (χ1v) is 12.8. The molecule has 37 heavy (non-hydrogen) atoms. The van der Waals surface area contributed by atoms with Gasteiger partial charge in [0.2, 0.25) is 28.5 Å². The molecule has 6 aliphatic heterocycles. The summed E-state index contributed by atoms with van der Waals surface area (Å²) >= 11 is 0. The van der Waals surface area contributed by atoms with E-state index in [1.54, 1.807) is 0 Å². The Labute approximate surface area is 214 Å². The van der Waals surface area contributed by atoms with Crippen molar-refractivity contribution in [3.63, 3.8) is 0 Å². The van der Waals surface area contributed by atoms with Crippen molar-refractivity contribution in [1.82, 2.24) is 0 Å². The number of hydrogen-bond donors (Lipinski definition) is 0. The predicted molar refractivity (Wildman–Crippen MR) is 142 cm³/mol. The molecule has 9 heterocycles. The largest absolute Gasteiger partial charge is 0.417 e. The normalized spacial score (nSPS) is 14.2. The summed E-state index contributed by atoms with van der Waals surface area (Å²) in [6.45, 7) is 0. The van der Waals surface area contributed by atoms with Gasteiger partial charge < -0.3 is 0 Å². The first-order valence-electron chi connectivity index (χ1n) is 12.8. The first kappa shape index (κ1) is 19.3. The van der Waals surface area contributed by atoms with Gasteiger partial charge in [-0.15, -0.1) is 9.13 Å². The van der Waals surface area contributed by atoms with Gasteiger partial charge in [0, 0.05) is 36.4 Å². The molecule has 6 aliphatic rings. The van der Waals surface area contributed by atoms with Crippen LogP contribution in [0.5, 0.6) is 0 Å². The molecule has 0 atom stereocenters. The lowest BCUT2D eigenvalue weighted by atomic mass is 9.80. The van der Waals surface area contributed by atoms with E-state index >= 15 is 0 Å². The monoisotopic (exact) mass is 472 g/mol. The van der Waals surface area contributed by atoms with Gasteiger partial charge in [-0.3, -0.25) is 0 Å². The van der Waals surface area contributed by atoms with Gasteiger partial charge in [-0.1, -0.05) is 30.3 Å². The molecule has 0 aliphatic carbocycles. The van der Waals surface area contributed by atoms with Crippen molar-refractivity contribution in [3.05, 3.63) is 145 Å². The van der Waals surface area contributed by atoms with Gasteiger partial charge in [0.15, 0.2) is 12.4 Å². The van der Waals surface area contributed by atoms with Crippen LogP contribution in [0.1, 0.15) is 11.1 Å². The first-order chi connectivity index (χ1) is 18.4. The Morgan fingerprint density at radius 2 is 0.811 bits per heavy atom. The van der Waals surface area contributed by atoms with Crippen LogP contribution in [0.25, 0.3) is 50.7 Å². The predicted octanol–water partition coefficient (Wildman–Crippen LogP) is 5.44. The summed E-state index contributed by atoms with van der Waals surface area (Å²) in [5.74, 6) is 0. The lowest BCUT2D eigenvalue weighted by molar-refractivity contribution is -0.962. The van der Waals surface area contributed by atoms with Crippen molar-refractivity contribution in [2.24, 2.45) is 0 Å². The summed E-state index contributed by atoms with van der Waals surface area (Å²) in [6.07, 6.45) is 4.53. The zero-order chi connectivity index (χ0) is 24.1. The molecule has 0 saturated carbocycles. The number of benzene rings is 3. The topological polar surface area (TPSA) is 11.6 Å². The van der Waals surface area contributed by atoms with E-state index in [1.165, 1.54) is 61.8 Å². The molecule has 0 unspecified atom stereocenters. The van der Waals surface area contributed by atoms with Gasteiger partial charge in [-0.05, 0) is 54.6 Å². The fraction of sp³-hybridized carbons (Fsp3) is 0.0294. The van der Waals surface area contributed by atoms with Crippen LogP contribution in [0, 0.1) is 0 Å². The van der Waals surface area contributed by atoms with Crippen molar-refractivity contribution in [1.29, 1.82) is 0 Å². The molecule has 0 saturated heterocycles. The number of hydrogen-bond acceptors (Lipinski definition) is 0. The number of rotatable bonds is 0. The molecule has 170 valence electrons. The maximum Gasteiger partial charge on any atom is 0.417 e. The molecular formula is C34H22N3+3. The minimum atomic E-state index is -0.659. The SMILES string of the molecule is c1ccc2c(c1)-c1cccc3[n+]1-c1c4cccc1-c1cccc[n+]1C2(c1ccccc1-3)[n+]1ccccc1-4. The Morgan fingerprint density at radius 3 is 1.38 bits per heavy atom. The Morgan fingerprint density at radius 1 is 0.378 bits per heavy atom. The lowest BCUT2D eigenvalue weighted by Gasteiger charge is -2.29. The number of pyridine rings is 3. The molecule has 7 bridgehead atoms. The quantitative estimate of drug-likeness (QED) is 0.260. The smallest absolute Gasteiger partial charge is 0.151 e. The molecule has 12 rings (SSSR count). The average Bonchev–Trinajstić information content (AvgIpc) is 3.08. The number of nitrogens with zero attached hydrogens (tertiary/aromatic N) is 3. The number of aromatic nitrogens is 3. The summed E-state index contributed by atoms with van der Waals surface area (Å²) in [6, 6.07) is 44.7. The summed E-state index contributed by atoms with van der Waals surface area (Å²) < 4.78 is 7.52. The Balaban J connectivity index is 1.75. The molecule has 3 aromatic heterocycles. The summed E-state index contributed by atoms with van der Waals surface area (Å²) in [5, 5.41) is 0. The van der Waals surface area contributed by atoms with Crippen LogP contribution in [0.15, 0.2) is 134 Å². The van der Waals surface area contributed by atoms with Crippen LogP contribution in [-0.2, 0) is 5.66 Å². The highest BCUT2D eigenvalue weighted by Crippen LogP contribution is 2.47. The summed E-state index contributed by atoms with van der Waals surface area (Å²) in [4.78, 5) is 0. The molecule has 3 aromatic carbocycles. The fourth-order valence-corrected chi connectivity index (χ4v) is 7.06. The molecule has 6 aromatic rings. The third-order valence-electron chi connectivity index (χ3n) is 8.38. The van der Waals surface area contributed by atoms with Crippen LogP contribution in [0.2, 0.25) is 0 Å². The van der Waals surface area contributed by atoms with Crippen molar-refractivity contribution in [2.45, 2.75) is 5.66 Å². The Bertz CT molecular complexity index is 1670. The zero-order valence-corrected chi connectivity index (χ0v) is 20.0. The van der Waals surface area contributed by atoms with Gasteiger partial charge in [0.1, 0.15) is 22.3 Å². The van der Waals surface area contributed by atoms with Crippen molar-refractivity contribution < 1.29 is 13.7 Å². The maximum absolute atomic E-state index is 2.51. The molecule has 3 heteroatoms. The van der Waals surface area contributed by atoms with Crippen LogP contribution in [-0.4, -0.2) is 0 Å². The van der Waals surface area contributed by atoms with Crippen molar-refractivity contribution in [2.75, 3.05) is 0 Å². The second kappa shape index (κ2) is 6.65. The maximum atomic E-state index is 2.51. The van der Waals surface area contributed by atoms with E-state index in [0.29, 0.717) is 0 Å². The van der Waals surface area contributed by atoms with Crippen LogP contribution < -0.4 is 13.7 Å². The third-order valence-corrected chi connectivity index (χ3v) is 8.38. The van der Waals surface area contributed by atoms with Gasteiger partial charge in [-0.2, -0.15) is 4.57 Å². The molecule has 3 nitrogen and oxygen atoms in total. The standard InChI is InChI=1S/C34H22N3/c1-3-15-27-23(11-1)31-19-10-20-32-24-12-2-4-16-28(24)34(27)35-21-7-5-17-29(35)25-13-9-14-26(33(25)37(31)32)30-18-6-8-22-36(30)34/h1-22H/q+3. The van der Waals surface area contributed by atoms with E-state index in [2.05, 4.69) is 147 Å². The Kier molecular flexibility index (Phi) is 3.47. The molecule has 0 fully saturated rings. The second-order valence-corrected chi connectivity index (χ2v) is 10.0. The highest BCUT2D eigenvalue weighted by molar-refractivity contribution is 5.83. The molecule has 0 amide bonds. The van der Waals surface area contributed by atoms with E-state index in [0.717, 1.165) is 0 Å². The minimum absolute atomic E-state index is 0.659. The van der Waals surface area contributed by atoms with Crippen LogP contribution in [0.4, 0.5) is 0 Å². The number of para-hydroxylation sites is 1. The highest BCUT2D eigenvalue weighted by atomic mass is 15.3. The van der Waals surface area contributed by atoms with Gasteiger partial charge in [0.05, 0.1) is 11.1 Å². The lowest BCUT2D eigenvalue weighted by Crippen LogP contribution is -2.76. The second-order valence-electron chi connectivity index (χ2n) is 10.0. The van der Waals surface area contributed by atoms with E-state index in [9.17, 15) is 0 Å². The Hall–Kier alpha value is -4.89. The van der Waals surface area contributed by atoms with Crippen LogP contribution in [0.3, 0.4) is 0 Å². The molecular weight excluding hydrogens is 450 g/mol. The highest BCUT2D eigenvalue weighted by Gasteiger charge is 2.63. The average molecular weight is 473 g/mol.